The number of aromatic nitrogens is 2. The van der Waals surface area contributed by atoms with Crippen LogP contribution in [0.25, 0.3) is 10.9 Å². The molecule has 5 heteroatoms. The Bertz CT molecular complexity index is 549. The summed E-state index contributed by atoms with van der Waals surface area (Å²) in [5.41, 5.74) is 0.789. The van der Waals surface area contributed by atoms with E-state index >= 15 is 0 Å². The van der Waals surface area contributed by atoms with Crippen molar-refractivity contribution in [3.05, 3.63) is 28.6 Å². The van der Waals surface area contributed by atoms with E-state index in [4.69, 9.17) is 4.74 Å². The molecule has 1 atom stereocenters. The van der Waals surface area contributed by atoms with Crippen LogP contribution in [0.1, 0.15) is 25.5 Å². The van der Waals surface area contributed by atoms with Gasteiger partial charge in [0.15, 0.2) is 6.23 Å². The highest BCUT2D eigenvalue weighted by molar-refractivity contribution is 9.10. The van der Waals surface area contributed by atoms with Crippen LogP contribution in [0, 0.1) is 5.95 Å². The van der Waals surface area contributed by atoms with Gasteiger partial charge in [0.05, 0.1) is 10.9 Å². The zero-order valence-corrected chi connectivity index (χ0v) is 10.8. The fraction of sp³-hybridized carbons (Fsp3) is 0.417. The van der Waals surface area contributed by atoms with Crippen LogP contribution < -0.4 is 0 Å². The maximum atomic E-state index is 13.7. The molecular weight excluding hydrogens is 287 g/mol. The van der Waals surface area contributed by atoms with Gasteiger partial charge in [0.25, 0.3) is 0 Å². The van der Waals surface area contributed by atoms with Crippen LogP contribution in [0.5, 0.6) is 0 Å². The molecule has 0 amide bonds. The zero-order chi connectivity index (χ0) is 11.8. The van der Waals surface area contributed by atoms with Gasteiger partial charge in [-0.05, 0) is 37.5 Å². The average molecular weight is 299 g/mol. The first-order valence-electron chi connectivity index (χ1n) is 5.70. The van der Waals surface area contributed by atoms with Crippen LogP contribution in [0.15, 0.2) is 22.7 Å². The van der Waals surface area contributed by atoms with Crippen molar-refractivity contribution in [3.63, 3.8) is 0 Å². The third-order valence-corrected chi connectivity index (χ3v) is 3.54. The van der Waals surface area contributed by atoms with E-state index in [0.717, 1.165) is 35.9 Å². The molecular formula is C12H12BrFN2O. The lowest BCUT2D eigenvalue weighted by atomic mass is 10.2. The van der Waals surface area contributed by atoms with E-state index in [-0.39, 0.29) is 6.23 Å². The summed E-state index contributed by atoms with van der Waals surface area (Å²) >= 11 is 3.34. The summed E-state index contributed by atoms with van der Waals surface area (Å²) in [6, 6.07) is 5.51. The van der Waals surface area contributed by atoms with Gasteiger partial charge < -0.3 is 4.74 Å². The van der Waals surface area contributed by atoms with E-state index in [1.54, 1.807) is 10.7 Å². The molecule has 0 bridgehead atoms. The molecule has 0 spiro atoms. The van der Waals surface area contributed by atoms with Crippen molar-refractivity contribution >= 4 is 26.8 Å². The van der Waals surface area contributed by atoms with Gasteiger partial charge >= 0.3 is 0 Å². The molecule has 0 saturated carbocycles. The lowest BCUT2D eigenvalue weighted by Gasteiger charge is -2.23. The first-order chi connectivity index (χ1) is 8.25. The van der Waals surface area contributed by atoms with Crippen LogP contribution in [0.3, 0.4) is 0 Å². The van der Waals surface area contributed by atoms with E-state index in [1.807, 2.05) is 12.1 Å². The van der Waals surface area contributed by atoms with Crippen molar-refractivity contribution < 1.29 is 9.13 Å². The molecule has 3 nitrogen and oxygen atoms in total. The quantitative estimate of drug-likeness (QED) is 0.804. The highest BCUT2D eigenvalue weighted by Crippen LogP contribution is 2.28. The Morgan fingerprint density at radius 1 is 1.41 bits per heavy atom. The molecule has 2 heterocycles. The van der Waals surface area contributed by atoms with Crippen LogP contribution in [0.2, 0.25) is 0 Å². The summed E-state index contributed by atoms with van der Waals surface area (Å²) < 4.78 is 21.9. The largest absolute Gasteiger partial charge is 0.356 e. The summed E-state index contributed by atoms with van der Waals surface area (Å²) in [7, 11) is 0. The van der Waals surface area contributed by atoms with Gasteiger partial charge in [0, 0.05) is 11.1 Å². The molecule has 1 aromatic heterocycles. The number of hydrogen-bond donors (Lipinski definition) is 0. The highest BCUT2D eigenvalue weighted by Gasteiger charge is 2.20. The molecule has 3 rings (SSSR count). The Hall–Kier alpha value is -0.940. The SMILES string of the molecule is Fc1nn([C@@H]2CCCCO2)c2ccc(Br)cc12. The van der Waals surface area contributed by atoms with E-state index < -0.39 is 5.95 Å². The zero-order valence-electron chi connectivity index (χ0n) is 9.20. The molecule has 0 radical (unpaired) electrons. The maximum absolute atomic E-state index is 13.7. The van der Waals surface area contributed by atoms with Gasteiger partial charge in [0.2, 0.25) is 5.95 Å². The molecule has 0 N–H and O–H groups in total. The number of halogens is 2. The lowest BCUT2D eigenvalue weighted by Crippen LogP contribution is -2.19. The average Bonchev–Trinajstić information content (AvgIpc) is 2.68. The number of fused-ring (bicyclic) bond motifs is 1. The first kappa shape index (κ1) is 11.2. The van der Waals surface area contributed by atoms with Crippen LogP contribution in [-0.4, -0.2) is 16.4 Å². The minimum Gasteiger partial charge on any atom is -0.356 e. The highest BCUT2D eigenvalue weighted by atomic mass is 79.9. The summed E-state index contributed by atoms with van der Waals surface area (Å²) in [6.45, 7) is 0.726. The molecule has 2 aromatic rings. The number of hydrogen-bond acceptors (Lipinski definition) is 2. The summed E-state index contributed by atoms with van der Waals surface area (Å²) in [5.74, 6) is -0.435. The fourth-order valence-corrected chi connectivity index (χ4v) is 2.57. The Morgan fingerprint density at radius 2 is 2.29 bits per heavy atom. The molecule has 17 heavy (non-hydrogen) atoms. The van der Waals surface area contributed by atoms with E-state index in [2.05, 4.69) is 21.0 Å². The van der Waals surface area contributed by atoms with Crippen LogP contribution in [-0.2, 0) is 4.74 Å². The van der Waals surface area contributed by atoms with Crippen molar-refractivity contribution in [3.8, 4) is 0 Å². The molecule has 90 valence electrons. The Morgan fingerprint density at radius 3 is 3.06 bits per heavy atom. The van der Waals surface area contributed by atoms with Gasteiger partial charge in [0.1, 0.15) is 0 Å². The van der Waals surface area contributed by atoms with Crippen LogP contribution in [0.4, 0.5) is 4.39 Å². The number of rotatable bonds is 1. The molecule has 0 aliphatic carbocycles. The summed E-state index contributed by atoms with van der Waals surface area (Å²) in [5, 5.41) is 4.49. The minimum atomic E-state index is -0.435. The summed E-state index contributed by atoms with van der Waals surface area (Å²) in [4.78, 5) is 0. The van der Waals surface area contributed by atoms with Crippen molar-refractivity contribution in [1.29, 1.82) is 0 Å². The number of benzene rings is 1. The Labute approximate surface area is 107 Å². The molecule has 0 unspecified atom stereocenters. The van der Waals surface area contributed by atoms with E-state index in [0.29, 0.717) is 5.39 Å². The second-order valence-corrected chi connectivity index (χ2v) is 5.13. The van der Waals surface area contributed by atoms with Gasteiger partial charge in [-0.3, -0.25) is 0 Å². The first-order valence-corrected chi connectivity index (χ1v) is 6.50. The number of ether oxygens (including phenoxy) is 1. The normalized spacial score (nSPS) is 20.9. The van der Waals surface area contributed by atoms with Gasteiger partial charge in [-0.15, -0.1) is 5.10 Å². The van der Waals surface area contributed by atoms with Crippen molar-refractivity contribution in [2.45, 2.75) is 25.5 Å². The molecule has 1 aromatic carbocycles. The number of nitrogens with zero attached hydrogens (tertiary/aromatic N) is 2. The molecule has 1 saturated heterocycles. The lowest BCUT2D eigenvalue weighted by molar-refractivity contribution is -0.0375. The maximum Gasteiger partial charge on any atom is 0.240 e. The predicted octanol–water partition coefficient (Wildman–Crippen LogP) is 3.64. The van der Waals surface area contributed by atoms with Crippen molar-refractivity contribution in [2.24, 2.45) is 0 Å². The van der Waals surface area contributed by atoms with Crippen LogP contribution >= 0.6 is 15.9 Å². The summed E-state index contributed by atoms with van der Waals surface area (Å²) in [6.07, 6.45) is 2.94. The van der Waals surface area contributed by atoms with Crippen molar-refractivity contribution in [2.75, 3.05) is 6.61 Å². The third kappa shape index (κ3) is 1.98. The van der Waals surface area contributed by atoms with Gasteiger partial charge in [-0.1, -0.05) is 15.9 Å². The second-order valence-electron chi connectivity index (χ2n) is 4.22. The minimum absolute atomic E-state index is 0.128. The topological polar surface area (TPSA) is 27.1 Å². The van der Waals surface area contributed by atoms with E-state index in [9.17, 15) is 4.39 Å². The second kappa shape index (κ2) is 4.38. The smallest absolute Gasteiger partial charge is 0.240 e. The van der Waals surface area contributed by atoms with Crippen molar-refractivity contribution in [1.82, 2.24) is 9.78 Å². The fourth-order valence-electron chi connectivity index (χ4n) is 2.21. The Kier molecular flexibility index (Phi) is 2.88. The van der Waals surface area contributed by atoms with E-state index in [1.165, 1.54) is 0 Å². The van der Waals surface area contributed by atoms with Gasteiger partial charge in [-0.2, -0.15) is 4.39 Å². The standard InChI is InChI=1S/C12H12BrFN2O/c13-8-4-5-10-9(7-8)12(14)15-16(10)11-3-1-2-6-17-11/h4-5,7,11H,1-3,6H2/t11-/m0/s1. The van der Waals surface area contributed by atoms with Gasteiger partial charge in [-0.25, -0.2) is 4.68 Å². The molecule has 1 aliphatic rings. The molecule has 1 fully saturated rings. The Balaban J connectivity index is 2.10. The predicted molar refractivity (Wildman–Crippen MR) is 66.2 cm³/mol. The monoisotopic (exact) mass is 298 g/mol. The molecule has 1 aliphatic heterocycles. The third-order valence-electron chi connectivity index (χ3n) is 3.05.